The van der Waals surface area contributed by atoms with Crippen LogP contribution in [0.4, 0.5) is 11.4 Å². The molecule has 0 aromatic heterocycles. The predicted molar refractivity (Wildman–Crippen MR) is 112 cm³/mol. The number of nitrogens with zero attached hydrogens (tertiary/aromatic N) is 3. The average molecular weight is 406 g/mol. The van der Waals surface area contributed by atoms with E-state index in [1.54, 1.807) is 12.1 Å². The topological polar surface area (TPSA) is 138 Å². The summed E-state index contributed by atoms with van der Waals surface area (Å²) in [6.45, 7) is 3.28. The lowest BCUT2D eigenvalue weighted by Gasteiger charge is -2.32. The molecule has 2 aliphatic heterocycles. The number of nitro benzene ring substituents is 1. The van der Waals surface area contributed by atoms with Crippen molar-refractivity contribution in [2.45, 2.75) is 31.4 Å². The second-order valence-corrected chi connectivity index (χ2v) is 9.43. The summed E-state index contributed by atoms with van der Waals surface area (Å²) >= 11 is 0. The molecule has 1 aromatic carbocycles. The second-order valence-electron chi connectivity index (χ2n) is 7.21. The van der Waals surface area contributed by atoms with Crippen LogP contribution in [-0.4, -0.2) is 46.3 Å². The van der Waals surface area contributed by atoms with E-state index >= 15 is 0 Å². The number of hydrogen-bond donors (Lipinski definition) is 3. The van der Waals surface area contributed by atoms with Crippen molar-refractivity contribution in [3.8, 4) is 0 Å². The molecule has 1 aromatic rings. The maximum absolute atomic E-state index is 11.7. The molecule has 1 amide bonds. The number of carbonyl (C=O) groups excluding carboxylic acids is 1. The molecule has 0 aliphatic carbocycles. The molecular weight excluding hydrogens is 380 g/mol. The van der Waals surface area contributed by atoms with Gasteiger partial charge in [-0.2, -0.15) is 5.10 Å². The molecule has 10 heteroatoms. The van der Waals surface area contributed by atoms with Gasteiger partial charge in [0.05, 0.1) is 21.5 Å². The van der Waals surface area contributed by atoms with Crippen LogP contribution in [0.5, 0.6) is 0 Å². The molecule has 1 saturated heterocycles. The lowest BCUT2D eigenvalue weighted by atomic mass is 9.93. The number of amides is 1. The highest BCUT2D eigenvalue weighted by atomic mass is 32.2. The Hall–Kier alpha value is -2.62. The van der Waals surface area contributed by atoms with E-state index < -0.39 is 0 Å². The molecule has 2 unspecified atom stereocenters. The minimum atomic E-state index is -0.364. The Labute approximate surface area is 166 Å². The van der Waals surface area contributed by atoms with Crippen molar-refractivity contribution >= 4 is 39.1 Å². The normalized spacial score (nSPS) is 21.6. The van der Waals surface area contributed by atoms with Gasteiger partial charge >= 0.3 is 5.17 Å². The van der Waals surface area contributed by atoms with Crippen molar-refractivity contribution in [1.82, 2.24) is 5.43 Å². The highest BCUT2D eigenvalue weighted by Gasteiger charge is 2.35. The predicted octanol–water partition coefficient (Wildman–Crippen LogP) is 1.57. The van der Waals surface area contributed by atoms with Gasteiger partial charge in [0.2, 0.25) is 5.91 Å². The number of rotatable bonds is 4. The van der Waals surface area contributed by atoms with Crippen LogP contribution in [0, 0.1) is 21.4 Å². The molecule has 3 rings (SSSR count). The molecule has 28 heavy (non-hydrogen) atoms. The fourth-order valence-electron chi connectivity index (χ4n) is 3.73. The van der Waals surface area contributed by atoms with Crippen molar-refractivity contribution in [1.29, 1.82) is 5.41 Å². The Bertz CT molecular complexity index is 835. The van der Waals surface area contributed by atoms with Gasteiger partial charge in [0.1, 0.15) is 17.2 Å². The Kier molecular flexibility index (Phi) is 5.87. The third-order valence-corrected chi connectivity index (χ3v) is 7.52. The molecule has 0 bridgehead atoms. The van der Waals surface area contributed by atoms with Gasteiger partial charge in [-0.3, -0.25) is 14.9 Å². The lowest BCUT2D eigenvalue weighted by Crippen LogP contribution is -2.42. The SMILES string of the molecule is CC1CC(=O)NN=C1c1ccc(N2CCC([S+](C)C(=N)N)CC2)c([N+](=O)[O-])c1. The van der Waals surface area contributed by atoms with Gasteiger partial charge in [-0.1, -0.05) is 13.0 Å². The van der Waals surface area contributed by atoms with Crippen LogP contribution in [0.2, 0.25) is 0 Å². The molecular formula is C18H25N6O3S+. The Morgan fingerprint density at radius 2 is 2.11 bits per heavy atom. The molecule has 0 radical (unpaired) electrons. The minimum absolute atomic E-state index is 0.0461. The van der Waals surface area contributed by atoms with Gasteiger partial charge in [0.25, 0.3) is 5.69 Å². The number of nitrogens with one attached hydrogen (secondary N) is 2. The van der Waals surface area contributed by atoms with E-state index in [1.807, 2.05) is 24.1 Å². The first-order chi connectivity index (χ1) is 13.3. The summed E-state index contributed by atoms with van der Waals surface area (Å²) in [6, 6.07) is 5.16. The van der Waals surface area contributed by atoms with Crippen LogP contribution < -0.4 is 16.1 Å². The first kappa shape index (κ1) is 20.1. The van der Waals surface area contributed by atoms with E-state index in [0.717, 1.165) is 12.8 Å². The molecule has 2 atom stereocenters. The van der Waals surface area contributed by atoms with Crippen LogP contribution in [0.15, 0.2) is 23.3 Å². The van der Waals surface area contributed by atoms with Crippen molar-refractivity contribution in [2.24, 2.45) is 16.8 Å². The summed E-state index contributed by atoms with van der Waals surface area (Å²) < 4.78 is 0. The highest BCUT2D eigenvalue weighted by molar-refractivity contribution is 8.10. The summed E-state index contributed by atoms with van der Waals surface area (Å²) in [7, 11) is -0.257. The number of hydrazone groups is 1. The number of hydrogen-bond acceptors (Lipinski definition) is 6. The van der Waals surface area contributed by atoms with Crippen LogP contribution in [-0.2, 0) is 15.7 Å². The summed E-state index contributed by atoms with van der Waals surface area (Å²) in [6.07, 6.45) is 4.02. The maximum Gasteiger partial charge on any atom is 0.308 e. The molecule has 0 spiro atoms. The maximum atomic E-state index is 11.7. The van der Waals surface area contributed by atoms with Gasteiger partial charge in [0, 0.05) is 49.9 Å². The average Bonchev–Trinajstić information content (AvgIpc) is 2.67. The zero-order chi connectivity index (χ0) is 20.4. The van der Waals surface area contributed by atoms with E-state index in [-0.39, 0.29) is 38.5 Å². The van der Waals surface area contributed by atoms with Crippen molar-refractivity contribution < 1.29 is 9.72 Å². The quantitative estimate of drug-likeness (QED) is 0.229. The standard InChI is InChI=1S/C18H24N6O3S/c1-11-9-16(25)21-22-17(11)12-3-4-14(15(10-12)24(26)27)23-7-5-13(6-8-23)28(2)18(19)20/h3-4,10-11,13H,5-9H2,1-2H3,(H3-,19,20,21,25)/p+1. The van der Waals surface area contributed by atoms with Gasteiger partial charge < -0.3 is 10.6 Å². The van der Waals surface area contributed by atoms with Gasteiger partial charge in [0.15, 0.2) is 0 Å². The number of benzene rings is 1. The van der Waals surface area contributed by atoms with Crippen molar-refractivity contribution in [2.75, 3.05) is 24.2 Å². The Morgan fingerprint density at radius 1 is 1.43 bits per heavy atom. The molecule has 0 saturated carbocycles. The van der Waals surface area contributed by atoms with E-state index in [4.69, 9.17) is 11.1 Å². The van der Waals surface area contributed by atoms with E-state index in [0.29, 0.717) is 41.7 Å². The molecule has 150 valence electrons. The van der Waals surface area contributed by atoms with Crippen LogP contribution in [0.1, 0.15) is 31.7 Å². The van der Waals surface area contributed by atoms with Crippen LogP contribution in [0.25, 0.3) is 0 Å². The van der Waals surface area contributed by atoms with Crippen LogP contribution >= 0.6 is 0 Å². The van der Waals surface area contributed by atoms with E-state index in [9.17, 15) is 14.9 Å². The zero-order valence-electron chi connectivity index (χ0n) is 16.0. The number of nitrogens with two attached hydrogens (primary N) is 1. The van der Waals surface area contributed by atoms with E-state index in [1.165, 1.54) is 0 Å². The lowest BCUT2D eigenvalue weighted by molar-refractivity contribution is -0.384. The molecule has 9 nitrogen and oxygen atoms in total. The van der Waals surface area contributed by atoms with Gasteiger partial charge in [-0.05, 0) is 6.07 Å². The molecule has 2 aliphatic rings. The van der Waals surface area contributed by atoms with Crippen molar-refractivity contribution in [3.63, 3.8) is 0 Å². The van der Waals surface area contributed by atoms with E-state index in [2.05, 4.69) is 10.5 Å². The largest absolute Gasteiger partial charge is 0.366 e. The Balaban J connectivity index is 1.82. The monoisotopic (exact) mass is 405 g/mol. The smallest absolute Gasteiger partial charge is 0.308 e. The minimum Gasteiger partial charge on any atom is -0.366 e. The third-order valence-electron chi connectivity index (χ3n) is 5.36. The third kappa shape index (κ3) is 4.11. The summed E-state index contributed by atoms with van der Waals surface area (Å²) in [4.78, 5) is 24.8. The fourth-order valence-corrected chi connectivity index (χ4v) is 5.01. The first-order valence-corrected chi connectivity index (χ1v) is 10.9. The van der Waals surface area contributed by atoms with Gasteiger partial charge in [-0.25, -0.2) is 10.8 Å². The summed E-state index contributed by atoms with van der Waals surface area (Å²) in [5, 5.41) is 24.0. The first-order valence-electron chi connectivity index (χ1n) is 9.17. The highest BCUT2D eigenvalue weighted by Crippen LogP contribution is 2.33. The van der Waals surface area contributed by atoms with Gasteiger partial charge in [-0.15, -0.1) is 0 Å². The summed E-state index contributed by atoms with van der Waals surface area (Å²) in [5.74, 6) is -0.241. The molecule has 4 N–H and O–H groups in total. The number of nitro groups is 1. The summed E-state index contributed by atoms with van der Waals surface area (Å²) in [5.41, 5.74) is 10.0. The fraction of sp³-hybridized carbons (Fsp3) is 0.500. The second kappa shape index (κ2) is 8.17. The number of carbonyl (C=O) groups is 1. The zero-order valence-corrected chi connectivity index (χ0v) is 16.8. The van der Waals surface area contributed by atoms with Crippen molar-refractivity contribution in [3.05, 3.63) is 33.9 Å². The number of amidine groups is 1. The number of piperidine rings is 1. The van der Waals surface area contributed by atoms with Crippen LogP contribution in [0.3, 0.4) is 0 Å². The molecule has 2 heterocycles. The Morgan fingerprint density at radius 3 is 2.68 bits per heavy atom. The number of anilines is 1. The molecule has 1 fully saturated rings.